The zero-order chi connectivity index (χ0) is 18.1. The van der Waals surface area contributed by atoms with Gasteiger partial charge in [0, 0.05) is 29.7 Å². The van der Waals surface area contributed by atoms with E-state index in [4.69, 9.17) is 17.3 Å². The summed E-state index contributed by atoms with van der Waals surface area (Å²) in [7, 11) is 0. The Hall–Kier alpha value is -1.79. The quantitative estimate of drug-likeness (QED) is 0.375. The van der Waals surface area contributed by atoms with Crippen molar-refractivity contribution in [3.8, 4) is 0 Å². The van der Waals surface area contributed by atoms with Gasteiger partial charge in [0.05, 0.1) is 6.54 Å². The van der Waals surface area contributed by atoms with Crippen molar-refractivity contribution in [2.24, 2.45) is 10.7 Å². The van der Waals surface area contributed by atoms with Crippen LogP contribution in [-0.4, -0.2) is 49.0 Å². The van der Waals surface area contributed by atoms with Crippen LogP contribution in [0, 0.1) is 0 Å². The molecule has 1 atom stereocenters. The maximum Gasteiger partial charge on any atom is 0.224 e. The number of anilines is 1. The smallest absolute Gasteiger partial charge is 0.224 e. The zero-order valence-electron chi connectivity index (χ0n) is 14.8. The van der Waals surface area contributed by atoms with E-state index in [1.165, 1.54) is 12.8 Å². The summed E-state index contributed by atoms with van der Waals surface area (Å²) in [5, 5.41) is 6.57. The fourth-order valence-corrected chi connectivity index (χ4v) is 3.13. The molecule has 1 fully saturated rings. The van der Waals surface area contributed by atoms with E-state index < -0.39 is 0 Å². The van der Waals surface area contributed by atoms with Gasteiger partial charge >= 0.3 is 0 Å². The Labute approximate surface area is 154 Å². The van der Waals surface area contributed by atoms with Gasteiger partial charge in [0.1, 0.15) is 0 Å². The van der Waals surface area contributed by atoms with Crippen molar-refractivity contribution in [3.05, 3.63) is 29.3 Å². The molecule has 0 aromatic heterocycles. The summed E-state index contributed by atoms with van der Waals surface area (Å²) in [6, 6.07) is 7.58. The molecule has 1 saturated heterocycles. The minimum Gasteiger partial charge on any atom is -0.370 e. The molecule has 1 unspecified atom stereocenters. The van der Waals surface area contributed by atoms with Crippen molar-refractivity contribution < 1.29 is 4.79 Å². The number of halogens is 1. The molecule has 0 aliphatic carbocycles. The fourth-order valence-electron chi connectivity index (χ4n) is 3.00. The summed E-state index contributed by atoms with van der Waals surface area (Å²) in [6.07, 6.45) is 3.55. The van der Waals surface area contributed by atoms with E-state index in [1.54, 1.807) is 24.3 Å². The average Bonchev–Trinajstić information content (AvgIpc) is 3.06. The minimum atomic E-state index is -0.0239. The number of nitrogens with one attached hydrogen (secondary N) is 2. The van der Waals surface area contributed by atoms with Crippen molar-refractivity contribution in [2.45, 2.75) is 38.6 Å². The van der Waals surface area contributed by atoms with Crippen LogP contribution >= 0.6 is 11.6 Å². The summed E-state index contributed by atoms with van der Waals surface area (Å²) in [6.45, 7) is 5.77. The number of nitrogens with two attached hydrogens (primary N) is 1. The molecule has 1 aromatic rings. The highest BCUT2D eigenvalue weighted by atomic mass is 35.5. The Morgan fingerprint density at radius 3 is 2.88 bits per heavy atom. The lowest BCUT2D eigenvalue weighted by atomic mass is 10.2. The first-order valence-electron chi connectivity index (χ1n) is 8.91. The van der Waals surface area contributed by atoms with Gasteiger partial charge in [-0.05, 0) is 56.6 Å². The summed E-state index contributed by atoms with van der Waals surface area (Å²) in [4.78, 5) is 18.7. The van der Waals surface area contributed by atoms with Crippen molar-refractivity contribution in [2.75, 3.05) is 31.5 Å². The van der Waals surface area contributed by atoms with Crippen LogP contribution in [0.15, 0.2) is 29.3 Å². The number of aliphatic imine (C=N–C) groups is 1. The number of hydrogen-bond acceptors (Lipinski definition) is 3. The predicted octanol–water partition coefficient (Wildman–Crippen LogP) is 2.45. The number of nitrogens with zero attached hydrogens (tertiary/aromatic N) is 2. The zero-order valence-corrected chi connectivity index (χ0v) is 15.6. The molecule has 2 rings (SSSR count). The van der Waals surface area contributed by atoms with E-state index in [1.807, 2.05) is 0 Å². The lowest BCUT2D eigenvalue weighted by Crippen LogP contribution is -2.36. The first-order valence-corrected chi connectivity index (χ1v) is 9.29. The van der Waals surface area contributed by atoms with Gasteiger partial charge in [0.2, 0.25) is 5.91 Å². The highest BCUT2D eigenvalue weighted by Gasteiger charge is 2.22. The van der Waals surface area contributed by atoms with Gasteiger partial charge in [-0.25, -0.2) is 0 Å². The topological polar surface area (TPSA) is 82.8 Å². The molecule has 1 aliphatic heterocycles. The molecule has 1 aliphatic rings. The molecular formula is C18H28ClN5O. The number of hydrogen-bond donors (Lipinski definition) is 3. The number of rotatable bonds is 8. The van der Waals surface area contributed by atoms with E-state index in [0.29, 0.717) is 36.4 Å². The standard InChI is InChI=1S/C18H28ClN5O/c1-2-24-12-4-5-16(24)13-22-18(20)21-11-3-6-17(25)23-15-9-7-14(19)8-10-15/h7-10,16H,2-6,11-13H2,1H3,(H,23,25)(H3,20,21,22). The Bertz CT molecular complexity index is 575. The molecular weight excluding hydrogens is 338 g/mol. The number of amides is 1. The number of likely N-dealkylation sites (N-methyl/N-ethyl adjacent to an activating group) is 1. The second-order valence-corrected chi connectivity index (χ2v) is 6.67. The summed E-state index contributed by atoms with van der Waals surface area (Å²) in [5.74, 6) is 0.435. The lowest BCUT2D eigenvalue weighted by Gasteiger charge is -2.20. The van der Waals surface area contributed by atoms with Gasteiger partial charge < -0.3 is 16.4 Å². The third kappa shape index (κ3) is 6.92. The molecule has 0 spiro atoms. The van der Waals surface area contributed by atoms with E-state index >= 15 is 0 Å². The predicted molar refractivity (Wildman–Crippen MR) is 104 cm³/mol. The lowest BCUT2D eigenvalue weighted by molar-refractivity contribution is -0.116. The minimum absolute atomic E-state index is 0.0239. The van der Waals surface area contributed by atoms with Gasteiger partial charge in [-0.2, -0.15) is 0 Å². The first-order chi connectivity index (χ1) is 12.1. The van der Waals surface area contributed by atoms with E-state index in [9.17, 15) is 4.79 Å². The van der Waals surface area contributed by atoms with Crippen LogP contribution in [0.2, 0.25) is 5.02 Å². The van der Waals surface area contributed by atoms with E-state index in [0.717, 1.165) is 25.3 Å². The summed E-state index contributed by atoms with van der Waals surface area (Å²) in [5.41, 5.74) is 6.65. The fraction of sp³-hybridized carbons (Fsp3) is 0.556. The summed E-state index contributed by atoms with van der Waals surface area (Å²) < 4.78 is 0. The maximum atomic E-state index is 11.9. The van der Waals surface area contributed by atoms with Gasteiger partial charge in [0.25, 0.3) is 0 Å². The second kappa shape index (κ2) is 10.3. The van der Waals surface area contributed by atoms with Crippen LogP contribution in [0.4, 0.5) is 5.69 Å². The molecule has 1 amide bonds. The molecule has 25 heavy (non-hydrogen) atoms. The molecule has 4 N–H and O–H groups in total. The van der Waals surface area contributed by atoms with Crippen LogP contribution in [0.5, 0.6) is 0 Å². The number of carbonyl (C=O) groups excluding carboxylic acids is 1. The van der Waals surface area contributed by atoms with E-state index in [2.05, 4.69) is 27.4 Å². The van der Waals surface area contributed by atoms with Crippen molar-refractivity contribution in [1.82, 2.24) is 10.2 Å². The first kappa shape index (κ1) is 19.5. The number of carbonyl (C=O) groups is 1. The molecule has 0 radical (unpaired) electrons. The molecule has 138 valence electrons. The Morgan fingerprint density at radius 2 is 2.16 bits per heavy atom. The summed E-state index contributed by atoms with van der Waals surface area (Å²) >= 11 is 5.82. The maximum absolute atomic E-state index is 11.9. The highest BCUT2D eigenvalue weighted by molar-refractivity contribution is 6.30. The third-order valence-corrected chi connectivity index (χ3v) is 4.64. The SMILES string of the molecule is CCN1CCCC1CN=C(N)NCCCC(=O)Nc1ccc(Cl)cc1. The van der Waals surface area contributed by atoms with Crippen LogP contribution in [0.25, 0.3) is 0 Å². The Morgan fingerprint density at radius 1 is 1.40 bits per heavy atom. The number of benzene rings is 1. The average molecular weight is 366 g/mol. The van der Waals surface area contributed by atoms with Crippen LogP contribution in [0.3, 0.4) is 0 Å². The van der Waals surface area contributed by atoms with Gasteiger partial charge in [-0.1, -0.05) is 18.5 Å². The van der Waals surface area contributed by atoms with Crippen molar-refractivity contribution >= 4 is 29.2 Å². The van der Waals surface area contributed by atoms with Gasteiger partial charge in [0.15, 0.2) is 5.96 Å². The molecule has 7 heteroatoms. The van der Waals surface area contributed by atoms with Crippen LogP contribution < -0.4 is 16.4 Å². The molecule has 1 heterocycles. The van der Waals surface area contributed by atoms with E-state index in [-0.39, 0.29) is 5.91 Å². The highest BCUT2D eigenvalue weighted by Crippen LogP contribution is 2.16. The van der Waals surface area contributed by atoms with Crippen molar-refractivity contribution in [3.63, 3.8) is 0 Å². The van der Waals surface area contributed by atoms with Crippen LogP contribution in [0.1, 0.15) is 32.6 Å². The van der Waals surface area contributed by atoms with Crippen LogP contribution in [-0.2, 0) is 4.79 Å². The molecule has 1 aromatic carbocycles. The Kier molecular flexibility index (Phi) is 8.01. The number of likely N-dealkylation sites (tertiary alicyclic amines) is 1. The second-order valence-electron chi connectivity index (χ2n) is 6.24. The monoisotopic (exact) mass is 365 g/mol. The van der Waals surface area contributed by atoms with Gasteiger partial charge in [-0.15, -0.1) is 0 Å². The normalized spacial score (nSPS) is 18.3. The largest absolute Gasteiger partial charge is 0.370 e. The van der Waals surface area contributed by atoms with Gasteiger partial charge in [-0.3, -0.25) is 14.7 Å². The molecule has 0 bridgehead atoms. The molecule has 6 nitrogen and oxygen atoms in total. The number of guanidine groups is 1. The van der Waals surface area contributed by atoms with Crippen molar-refractivity contribution in [1.29, 1.82) is 0 Å². The third-order valence-electron chi connectivity index (χ3n) is 4.39. The Balaban J connectivity index is 1.60. The molecule has 0 saturated carbocycles.